The van der Waals surface area contributed by atoms with Gasteiger partial charge in [-0.15, -0.1) is 0 Å². The van der Waals surface area contributed by atoms with Crippen LogP contribution in [0.2, 0.25) is 0 Å². The lowest BCUT2D eigenvalue weighted by Crippen LogP contribution is -2.40. The number of methoxy groups -OCH3 is 1. The Labute approximate surface area is 219 Å². The Morgan fingerprint density at radius 2 is 1.63 bits per heavy atom. The molecule has 0 saturated heterocycles. The van der Waals surface area contributed by atoms with E-state index in [1.807, 2.05) is 30.3 Å². The number of hydrogen-bond acceptors (Lipinski definition) is 6. The fourth-order valence-electron chi connectivity index (χ4n) is 4.48. The lowest BCUT2D eigenvalue weighted by Gasteiger charge is -2.22. The number of carbonyl (C=O) groups excluding carboxylic acids is 1. The maximum absolute atomic E-state index is 12.7. The molecule has 0 radical (unpaired) electrons. The third-order valence-electron chi connectivity index (χ3n) is 6.48. The standard InChI is InChI=1S/C27H27F3N2O5S/c1-36-24-11-10-21(17-25(24)37-22-4-2-3-5-22)23(16-18-12-14-31-15-13-18)19-6-8-20(9-7-19)26(33)32-38(34,35)27(28,29)30/h6-15,17,22-23H,2-5,16H2,1H3,(H,32,33)/t23-/m1/s1. The first-order valence-corrected chi connectivity index (χ1v) is 13.5. The maximum Gasteiger partial charge on any atom is 0.516 e. The number of pyridine rings is 1. The van der Waals surface area contributed by atoms with Crippen molar-refractivity contribution in [3.63, 3.8) is 0 Å². The van der Waals surface area contributed by atoms with Crippen LogP contribution in [0.15, 0.2) is 67.0 Å². The fraction of sp³-hybridized carbons (Fsp3) is 0.333. The van der Waals surface area contributed by atoms with E-state index >= 15 is 0 Å². The van der Waals surface area contributed by atoms with E-state index < -0.39 is 21.4 Å². The molecule has 202 valence electrons. The number of nitrogens with zero attached hydrogens (tertiary/aromatic N) is 1. The molecule has 1 amide bonds. The highest BCUT2D eigenvalue weighted by Crippen LogP contribution is 2.37. The van der Waals surface area contributed by atoms with Crippen molar-refractivity contribution in [3.05, 3.63) is 89.2 Å². The van der Waals surface area contributed by atoms with Crippen molar-refractivity contribution < 1.29 is 35.9 Å². The molecule has 3 aromatic rings. The summed E-state index contributed by atoms with van der Waals surface area (Å²) in [6.07, 6.45) is 8.22. The first-order chi connectivity index (χ1) is 18.1. The lowest BCUT2D eigenvalue weighted by atomic mass is 9.85. The van der Waals surface area contributed by atoms with E-state index in [9.17, 15) is 26.4 Å². The second-order valence-electron chi connectivity index (χ2n) is 9.05. The van der Waals surface area contributed by atoms with Gasteiger partial charge in [-0.3, -0.25) is 9.78 Å². The van der Waals surface area contributed by atoms with Gasteiger partial charge in [-0.1, -0.05) is 18.2 Å². The summed E-state index contributed by atoms with van der Waals surface area (Å²) in [5.41, 5.74) is -3.13. The Hall–Kier alpha value is -3.60. The molecule has 1 aromatic heterocycles. The molecule has 1 N–H and O–H groups in total. The highest BCUT2D eigenvalue weighted by molar-refractivity contribution is 7.90. The number of sulfonamides is 1. The van der Waals surface area contributed by atoms with Crippen molar-refractivity contribution in [2.75, 3.05) is 7.11 Å². The Morgan fingerprint density at radius 1 is 1.00 bits per heavy atom. The highest BCUT2D eigenvalue weighted by Gasteiger charge is 2.47. The van der Waals surface area contributed by atoms with Crippen LogP contribution in [0, 0.1) is 0 Å². The van der Waals surface area contributed by atoms with Crippen LogP contribution in [0.25, 0.3) is 0 Å². The monoisotopic (exact) mass is 548 g/mol. The van der Waals surface area contributed by atoms with Crippen LogP contribution in [0.4, 0.5) is 13.2 Å². The molecule has 7 nitrogen and oxygen atoms in total. The predicted octanol–water partition coefficient (Wildman–Crippen LogP) is 5.37. The first-order valence-electron chi connectivity index (χ1n) is 12.0. The third-order valence-corrected chi connectivity index (χ3v) is 7.55. The van der Waals surface area contributed by atoms with Crippen LogP contribution < -0.4 is 14.2 Å². The average Bonchev–Trinajstić information content (AvgIpc) is 3.40. The smallest absolute Gasteiger partial charge is 0.493 e. The summed E-state index contributed by atoms with van der Waals surface area (Å²) in [5, 5.41) is 0. The Kier molecular flexibility index (Phi) is 8.25. The number of hydrogen-bond donors (Lipinski definition) is 1. The highest BCUT2D eigenvalue weighted by atomic mass is 32.2. The number of nitrogens with one attached hydrogen (secondary N) is 1. The zero-order chi connectivity index (χ0) is 27.3. The van der Waals surface area contributed by atoms with E-state index in [4.69, 9.17) is 9.47 Å². The van der Waals surface area contributed by atoms with Gasteiger partial charge in [0.25, 0.3) is 5.91 Å². The van der Waals surface area contributed by atoms with Crippen molar-refractivity contribution in [2.45, 2.75) is 49.6 Å². The molecule has 0 aliphatic heterocycles. The van der Waals surface area contributed by atoms with Crippen LogP contribution in [-0.2, 0) is 16.4 Å². The Balaban J connectivity index is 1.65. The molecule has 4 rings (SSSR count). The van der Waals surface area contributed by atoms with Crippen molar-refractivity contribution in [1.29, 1.82) is 0 Å². The number of ether oxygens (including phenoxy) is 2. The quantitative estimate of drug-likeness (QED) is 0.387. The normalized spacial score (nSPS) is 15.2. The van der Waals surface area contributed by atoms with Gasteiger partial charge in [0.15, 0.2) is 11.5 Å². The van der Waals surface area contributed by atoms with Crippen molar-refractivity contribution in [1.82, 2.24) is 9.71 Å². The van der Waals surface area contributed by atoms with Crippen LogP contribution in [0.5, 0.6) is 11.5 Å². The number of alkyl halides is 3. The van der Waals surface area contributed by atoms with Gasteiger partial charge < -0.3 is 9.47 Å². The molecule has 0 unspecified atom stereocenters. The molecule has 1 saturated carbocycles. The van der Waals surface area contributed by atoms with Gasteiger partial charge in [-0.05, 0) is 85.2 Å². The number of rotatable bonds is 9. The Morgan fingerprint density at radius 3 is 2.24 bits per heavy atom. The minimum absolute atomic E-state index is 0.114. The number of amides is 1. The molecule has 0 spiro atoms. The molecule has 11 heteroatoms. The van der Waals surface area contributed by atoms with Gasteiger partial charge in [0.05, 0.1) is 13.2 Å². The minimum atomic E-state index is -5.81. The van der Waals surface area contributed by atoms with E-state index in [0.717, 1.165) is 47.1 Å². The van der Waals surface area contributed by atoms with Gasteiger partial charge in [-0.2, -0.15) is 21.6 Å². The van der Waals surface area contributed by atoms with Gasteiger partial charge >= 0.3 is 15.5 Å². The van der Waals surface area contributed by atoms with Crippen molar-refractivity contribution in [2.24, 2.45) is 0 Å². The van der Waals surface area contributed by atoms with E-state index in [2.05, 4.69) is 4.98 Å². The predicted molar refractivity (Wildman–Crippen MR) is 135 cm³/mol. The SMILES string of the molecule is COc1ccc([C@H](Cc2ccncc2)c2ccc(C(=O)NS(=O)(=O)C(F)(F)F)cc2)cc1OC1CCCC1. The van der Waals surface area contributed by atoms with Gasteiger partial charge in [0.1, 0.15) is 0 Å². The molecular formula is C27H27F3N2O5S. The third kappa shape index (κ3) is 6.45. The number of halogens is 3. The molecule has 1 heterocycles. The van der Waals surface area contributed by atoms with Crippen LogP contribution in [-0.4, -0.2) is 38.0 Å². The Bertz CT molecular complexity index is 1360. The molecule has 1 aliphatic rings. The molecule has 1 aliphatic carbocycles. The first kappa shape index (κ1) is 27.4. The van der Waals surface area contributed by atoms with Crippen LogP contribution in [0.1, 0.15) is 58.6 Å². The fourth-order valence-corrected chi connectivity index (χ4v) is 4.95. The zero-order valence-electron chi connectivity index (χ0n) is 20.6. The topological polar surface area (TPSA) is 94.6 Å². The van der Waals surface area contributed by atoms with Crippen molar-refractivity contribution in [3.8, 4) is 11.5 Å². The zero-order valence-corrected chi connectivity index (χ0v) is 21.4. The summed E-state index contributed by atoms with van der Waals surface area (Å²) in [4.78, 5) is 16.3. The summed E-state index contributed by atoms with van der Waals surface area (Å²) in [6.45, 7) is 0. The second kappa shape index (κ2) is 11.4. The van der Waals surface area contributed by atoms with Crippen LogP contribution >= 0.6 is 0 Å². The molecule has 2 aromatic carbocycles. The molecular weight excluding hydrogens is 521 g/mol. The molecule has 1 fully saturated rings. The van der Waals surface area contributed by atoms with Gasteiger partial charge in [-0.25, -0.2) is 4.72 Å². The molecule has 0 bridgehead atoms. The average molecular weight is 549 g/mol. The van der Waals surface area contributed by atoms with Gasteiger partial charge in [0.2, 0.25) is 0 Å². The summed E-state index contributed by atoms with van der Waals surface area (Å²) < 4.78 is 73.5. The minimum Gasteiger partial charge on any atom is -0.493 e. The van der Waals surface area contributed by atoms with E-state index in [1.165, 1.54) is 12.1 Å². The van der Waals surface area contributed by atoms with Crippen LogP contribution in [0.3, 0.4) is 0 Å². The summed E-state index contributed by atoms with van der Waals surface area (Å²) in [7, 11) is -4.23. The number of carbonyl (C=O) groups is 1. The van der Waals surface area contributed by atoms with E-state index in [-0.39, 0.29) is 17.6 Å². The second-order valence-corrected chi connectivity index (χ2v) is 10.7. The largest absolute Gasteiger partial charge is 0.516 e. The number of benzene rings is 2. The molecule has 1 atom stereocenters. The van der Waals surface area contributed by atoms with E-state index in [0.29, 0.717) is 17.9 Å². The lowest BCUT2D eigenvalue weighted by molar-refractivity contribution is -0.0446. The summed E-state index contributed by atoms with van der Waals surface area (Å²) >= 11 is 0. The summed E-state index contributed by atoms with van der Waals surface area (Å²) in [6, 6.07) is 15.3. The summed E-state index contributed by atoms with van der Waals surface area (Å²) in [5.74, 6) is -0.340. The van der Waals surface area contributed by atoms with Gasteiger partial charge in [0, 0.05) is 23.9 Å². The molecule has 38 heavy (non-hydrogen) atoms. The maximum atomic E-state index is 12.7. The van der Waals surface area contributed by atoms with E-state index in [1.54, 1.807) is 31.6 Å². The van der Waals surface area contributed by atoms with Crippen molar-refractivity contribution >= 4 is 15.9 Å². The number of aromatic nitrogens is 1.